The summed E-state index contributed by atoms with van der Waals surface area (Å²) in [5.41, 5.74) is 0. The minimum absolute atomic E-state index is 0.0162. The maximum atomic E-state index is 12.5. The van der Waals surface area contributed by atoms with Crippen LogP contribution < -0.4 is 5.32 Å². The van der Waals surface area contributed by atoms with E-state index in [2.05, 4.69) is 31.3 Å². The number of carbonyl (C=O) groups excluding carboxylic acids is 2. The smallest absolute Gasteiger partial charge is 0.305 e. The quantitative estimate of drug-likeness (QED) is 0.0321. The molecule has 404 valence electrons. The molecule has 0 heterocycles. The molecule has 0 aromatic carbocycles. The maximum Gasteiger partial charge on any atom is 0.305 e. The van der Waals surface area contributed by atoms with Gasteiger partial charge in [0.15, 0.2) is 0 Å². The van der Waals surface area contributed by atoms with Crippen molar-refractivity contribution < 1.29 is 24.5 Å². The molecule has 0 aromatic rings. The number of hydrogen-bond acceptors (Lipinski definition) is 5. The van der Waals surface area contributed by atoms with Crippen molar-refractivity contribution in [2.45, 2.75) is 360 Å². The maximum absolute atomic E-state index is 12.5. The molecule has 0 aliphatic rings. The Morgan fingerprint density at radius 2 is 0.691 bits per heavy atom. The largest absolute Gasteiger partial charge is 0.466 e. The lowest BCUT2D eigenvalue weighted by molar-refractivity contribution is -0.143. The van der Waals surface area contributed by atoms with Gasteiger partial charge in [-0.25, -0.2) is 0 Å². The Hall–Kier alpha value is -1.40. The van der Waals surface area contributed by atoms with Crippen LogP contribution in [-0.2, 0) is 14.3 Å². The zero-order valence-corrected chi connectivity index (χ0v) is 46.1. The molecule has 0 radical (unpaired) electrons. The molecule has 0 aliphatic heterocycles. The Kier molecular flexibility index (Phi) is 57.0. The van der Waals surface area contributed by atoms with Crippen LogP contribution in [0.25, 0.3) is 0 Å². The highest BCUT2D eigenvalue weighted by molar-refractivity contribution is 5.76. The molecule has 0 saturated heterocycles. The van der Waals surface area contributed by atoms with Crippen molar-refractivity contribution in [1.29, 1.82) is 0 Å². The molecule has 0 aliphatic carbocycles. The number of rotatable bonds is 58. The van der Waals surface area contributed by atoms with Gasteiger partial charge in [-0.15, -0.1) is 0 Å². The fraction of sp³-hybridized carbons (Fsp3) is 0.935. The minimum atomic E-state index is -0.664. The van der Waals surface area contributed by atoms with Gasteiger partial charge in [-0.2, -0.15) is 0 Å². The Labute approximate surface area is 425 Å². The Morgan fingerprint density at radius 1 is 0.397 bits per heavy atom. The second kappa shape index (κ2) is 58.2. The van der Waals surface area contributed by atoms with E-state index in [1.807, 2.05) is 0 Å². The average molecular weight is 961 g/mol. The Bertz CT molecular complexity index is 1020. The van der Waals surface area contributed by atoms with Gasteiger partial charge in [0.05, 0.1) is 25.4 Å². The number of allylic oxidation sites excluding steroid dienone is 2. The van der Waals surface area contributed by atoms with E-state index in [4.69, 9.17) is 4.74 Å². The third-order valence-corrected chi connectivity index (χ3v) is 14.6. The van der Waals surface area contributed by atoms with Gasteiger partial charge in [-0.05, 0) is 51.4 Å². The third kappa shape index (κ3) is 53.9. The minimum Gasteiger partial charge on any atom is -0.466 e. The molecule has 6 heteroatoms. The van der Waals surface area contributed by atoms with Crippen molar-refractivity contribution in [3.8, 4) is 0 Å². The normalized spacial score (nSPS) is 12.6. The summed E-state index contributed by atoms with van der Waals surface area (Å²) in [4.78, 5) is 24.5. The summed E-state index contributed by atoms with van der Waals surface area (Å²) >= 11 is 0. The van der Waals surface area contributed by atoms with Gasteiger partial charge in [-0.3, -0.25) is 9.59 Å². The summed E-state index contributed by atoms with van der Waals surface area (Å²) in [5.74, 6) is -0.0207. The van der Waals surface area contributed by atoms with Gasteiger partial charge in [0.25, 0.3) is 0 Å². The molecule has 68 heavy (non-hydrogen) atoms. The predicted octanol–water partition coefficient (Wildman–Crippen LogP) is 19.2. The van der Waals surface area contributed by atoms with E-state index in [9.17, 15) is 19.8 Å². The first-order chi connectivity index (χ1) is 33.5. The van der Waals surface area contributed by atoms with Gasteiger partial charge in [0.2, 0.25) is 5.91 Å². The molecule has 0 fully saturated rings. The highest BCUT2D eigenvalue weighted by Crippen LogP contribution is 2.18. The lowest BCUT2D eigenvalue weighted by Gasteiger charge is -2.22. The number of amides is 1. The monoisotopic (exact) mass is 960 g/mol. The Balaban J connectivity index is 3.37. The predicted molar refractivity (Wildman–Crippen MR) is 297 cm³/mol. The highest BCUT2D eigenvalue weighted by Gasteiger charge is 2.20. The van der Waals surface area contributed by atoms with Crippen LogP contribution in [0.15, 0.2) is 12.2 Å². The second-order valence-corrected chi connectivity index (χ2v) is 21.4. The van der Waals surface area contributed by atoms with Crippen LogP contribution in [0, 0.1) is 0 Å². The van der Waals surface area contributed by atoms with Crippen LogP contribution in [0.1, 0.15) is 348 Å². The number of carbonyl (C=O) groups is 2. The zero-order chi connectivity index (χ0) is 49.3. The first-order valence-electron chi connectivity index (χ1n) is 30.9. The average Bonchev–Trinajstić information content (AvgIpc) is 3.34. The second-order valence-electron chi connectivity index (χ2n) is 21.4. The van der Waals surface area contributed by atoms with Crippen LogP contribution in [0.2, 0.25) is 0 Å². The molecule has 0 spiro atoms. The molecule has 0 saturated carbocycles. The third-order valence-electron chi connectivity index (χ3n) is 14.6. The molecular formula is C62H121NO5. The van der Waals surface area contributed by atoms with E-state index < -0.39 is 12.1 Å². The SMILES string of the molecule is CCCCCCCCCCCCCCCCC(=O)OCCCCCCCCCCCCCC/C=C\CCCCCCCCCCCC(=O)NC(CO)C(O)CCCCCCCCCCCCCC. The van der Waals surface area contributed by atoms with Crippen LogP contribution in [-0.4, -0.2) is 47.4 Å². The molecule has 1 amide bonds. The summed E-state index contributed by atoms with van der Waals surface area (Å²) in [6.07, 6.45) is 69.4. The standard InChI is InChI=1S/C62H121NO5/c1-3-5-7-9-11-13-15-17-32-36-40-44-48-52-56-62(67)68-57-53-49-45-41-37-33-30-28-26-24-22-20-18-19-21-23-25-27-29-31-35-39-43-47-51-55-61(66)63-59(58-64)60(65)54-50-46-42-38-34-16-14-12-10-8-6-4-2/h19,21,59-60,64-65H,3-18,20,22-58H2,1-2H3,(H,63,66)/b21-19-. The van der Waals surface area contributed by atoms with Gasteiger partial charge >= 0.3 is 5.97 Å². The van der Waals surface area contributed by atoms with Gasteiger partial charge in [-0.1, -0.05) is 296 Å². The van der Waals surface area contributed by atoms with Crippen LogP contribution in [0.4, 0.5) is 0 Å². The summed E-state index contributed by atoms with van der Waals surface area (Å²) < 4.78 is 5.49. The number of aliphatic hydroxyl groups excluding tert-OH is 2. The molecule has 0 aromatic heterocycles. The number of ether oxygens (including phenoxy) is 1. The fourth-order valence-electron chi connectivity index (χ4n) is 9.81. The summed E-state index contributed by atoms with van der Waals surface area (Å²) in [7, 11) is 0. The summed E-state index contributed by atoms with van der Waals surface area (Å²) in [5, 5.41) is 23.2. The number of hydrogen-bond donors (Lipinski definition) is 3. The van der Waals surface area contributed by atoms with Crippen molar-refractivity contribution in [2.24, 2.45) is 0 Å². The van der Waals surface area contributed by atoms with Gasteiger partial charge in [0, 0.05) is 12.8 Å². The van der Waals surface area contributed by atoms with Gasteiger partial charge in [0.1, 0.15) is 0 Å². The van der Waals surface area contributed by atoms with Crippen molar-refractivity contribution in [3.63, 3.8) is 0 Å². The summed E-state index contributed by atoms with van der Waals surface area (Å²) in [6, 6.07) is -0.542. The van der Waals surface area contributed by atoms with Crippen LogP contribution in [0.5, 0.6) is 0 Å². The molecule has 2 unspecified atom stereocenters. The molecule has 3 N–H and O–H groups in total. The molecule has 2 atom stereocenters. The van der Waals surface area contributed by atoms with Crippen molar-refractivity contribution in [2.75, 3.05) is 13.2 Å². The van der Waals surface area contributed by atoms with E-state index in [0.29, 0.717) is 25.9 Å². The molecule has 0 bridgehead atoms. The molecular weight excluding hydrogens is 839 g/mol. The number of esters is 1. The van der Waals surface area contributed by atoms with E-state index in [-0.39, 0.29) is 18.5 Å². The Morgan fingerprint density at radius 3 is 1.04 bits per heavy atom. The van der Waals surface area contributed by atoms with Crippen molar-refractivity contribution in [1.82, 2.24) is 5.32 Å². The lowest BCUT2D eigenvalue weighted by Crippen LogP contribution is -2.45. The summed E-state index contributed by atoms with van der Waals surface area (Å²) in [6.45, 7) is 4.97. The van der Waals surface area contributed by atoms with E-state index in [0.717, 1.165) is 38.5 Å². The number of aliphatic hydroxyl groups is 2. The first-order valence-corrected chi connectivity index (χ1v) is 30.9. The number of nitrogens with one attached hydrogen (secondary N) is 1. The van der Waals surface area contributed by atoms with Crippen molar-refractivity contribution in [3.05, 3.63) is 12.2 Å². The van der Waals surface area contributed by atoms with E-state index in [1.165, 1.54) is 276 Å². The zero-order valence-electron chi connectivity index (χ0n) is 46.1. The van der Waals surface area contributed by atoms with E-state index in [1.54, 1.807) is 0 Å². The van der Waals surface area contributed by atoms with E-state index >= 15 is 0 Å². The van der Waals surface area contributed by atoms with Crippen LogP contribution >= 0.6 is 0 Å². The molecule has 0 rings (SSSR count). The van der Waals surface area contributed by atoms with Gasteiger partial charge < -0.3 is 20.3 Å². The van der Waals surface area contributed by atoms with Crippen molar-refractivity contribution >= 4 is 11.9 Å². The molecule has 6 nitrogen and oxygen atoms in total. The fourth-order valence-corrected chi connectivity index (χ4v) is 9.81. The number of unbranched alkanes of at least 4 members (excludes halogenated alkanes) is 45. The highest BCUT2D eigenvalue weighted by atomic mass is 16.5. The topological polar surface area (TPSA) is 95.9 Å². The first kappa shape index (κ1) is 66.6. The van der Waals surface area contributed by atoms with Crippen LogP contribution in [0.3, 0.4) is 0 Å². The lowest BCUT2D eigenvalue weighted by atomic mass is 10.0.